The fraction of sp³-hybridized carbons (Fsp3) is 0.900. The van der Waals surface area contributed by atoms with Crippen LogP contribution in [0.25, 0.3) is 0 Å². The van der Waals surface area contributed by atoms with E-state index in [1.165, 1.54) is 0 Å². The molecule has 13 heavy (non-hydrogen) atoms. The van der Waals surface area contributed by atoms with Crippen molar-refractivity contribution in [3.05, 3.63) is 0 Å². The van der Waals surface area contributed by atoms with Gasteiger partial charge in [0.1, 0.15) is 0 Å². The van der Waals surface area contributed by atoms with Crippen LogP contribution in [0, 0.1) is 11.8 Å². The maximum Gasteiger partial charge on any atom is 0.332 e. The summed E-state index contributed by atoms with van der Waals surface area (Å²) < 4.78 is 0. The third-order valence-electron chi connectivity index (χ3n) is 2.23. The first-order chi connectivity index (χ1) is 5.95. The summed E-state index contributed by atoms with van der Waals surface area (Å²) in [5, 5.41) is 17.7. The Bertz CT molecular complexity index is 154. The van der Waals surface area contributed by atoms with Gasteiger partial charge in [-0.25, -0.2) is 4.79 Å². The number of carboxylic acids is 1. The minimum atomic E-state index is -1.20. The number of hydrogen-bond donors (Lipinski definition) is 2. The Morgan fingerprint density at radius 2 is 1.77 bits per heavy atom. The molecule has 3 heteroatoms. The van der Waals surface area contributed by atoms with E-state index in [1.807, 2.05) is 0 Å². The van der Waals surface area contributed by atoms with Gasteiger partial charge in [0.05, 0.1) is 0 Å². The Morgan fingerprint density at radius 3 is 2.15 bits per heavy atom. The summed E-state index contributed by atoms with van der Waals surface area (Å²) in [6.45, 7) is 6.05. The largest absolute Gasteiger partial charge is 0.479 e. The zero-order valence-corrected chi connectivity index (χ0v) is 8.66. The van der Waals surface area contributed by atoms with E-state index in [9.17, 15) is 4.79 Å². The predicted octanol–water partition coefficient (Wildman–Crippen LogP) is 1.89. The lowest BCUT2D eigenvalue weighted by molar-refractivity contribution is -0.149. The van der Waals surface area contributed by atoms with Gasteiger partial charge in [-0.3, -0.25) is 0 Å². The fourth-order valence-corrected chi connectivity index (χ4v) is 1.25. The second-order valence-corrected chi connectivity index (χ2v) is 4.09. The number of aliphatic carboxylic acids is 1. The average Bonchev–Trinajstić information content (AvgIpc) is 2.02. The van der Waals surface area contributed by atoms with Gasteiger partial charge in [0, 0.05) is 0 Å². The van der Waals surface area contributed by atoms with E-state index >= 15 is 0 Å². The highest BCUT2D eigenvalue weighted by Crippen LogP contribution is 2.15. The van der Waals surface area contributed by atoms with Crippen molar-refractivity contribution in [2.75, 3.05) is 0 Å². The molecule has 0 aromatic rings. The molecule has 78 valence electrons. The Morgan fingerprint density at radius 1 is 1.23 bits per heavy atom. The summed E-state index contributed by atoms with van der Waals surface area (Å²) in [4.78, 5) is 10.4. The van der Waals surface area contributed by atoms with Crippen molar-refractivity contribution >= 4 is 5.97 Å². The highest BCUT2D eigenvalue weighted by atomic mass is 16.4. The van der Waals surface area contributed by atoms with Crippen molar-refractivity contribution in [1.29, 1.82) is 0 Å². The molecule has 0 aliphatic carbocycles. The third kappa shape index (κ3) is 5.64. The van der Waals surface area contributed by atoms with Crippen molar-refractivity contribution in [1.82, 2.24) is 0 Å². The summed E-state index contributed by atoms with van der Waals surface area (Å²) in [6, 6.07) is 0. The van der Waals surface area contributed by atoms with Crippen LogP contribution in [0.3, 0.4) is 0 Å². The maximum atomic E-state index is 10.4. The highest BCUT2D eigenvalue weighted by molar-refractivity contribution is 5.72. The molecule has 0 aliphatic heterocycles. The van der Waals surface area contributed by atoms with Crippen LogP contribution < -0.4 is 0 Å². The smallest absolute Gasteiger partial charge is 0.332 e. The molecule has 0 aliphatic rings. The zero-order chi connectivity index (χ0) is 10.4. The lowest BCUT2D eigenvalue weighted by Gasteiger charge is -2.14. The van der Waals surface area contributed by atoms with Crippen molar-refractivity contribution in [2.45, 2.75) is 46.1 Å². The van der Waals surface area contributed by atoms with Gasteiger partial charge < -0.3 is 10.2 Å². The molecule has 0 bridgehead atoms. The van der Waals surface area contributed by atoms with Crippen LogP contribution in [-0.4, -0.2) is 22.3 Å². The molecule has 0 radical (unpaired) electrons. The van der Waals surface area contributed by atoms with Gasteiger partial charge in [-0.1, -0.05) is 33.6 Å². The maximum absolute atomic E-state index is 10.4. The van der Waals surface area contributed by atoms with Gasteiger partial charge >= 0.3 is 5.97 Å². The van der Waals surface area contributed by atoms with Crippen LogP contribution in [0.15, 0.2) is 0 Å². The van der Waals surface area contributed by atoms with Crippen LogP contribution in [0.4, 0.5) is 0 Å². The van der Waals surface area contributed by atoms with E-state index < -0.39 is 12.1 Å². The molecule has 0 rings (SSSR count). The molecule has 2 N–H and O–H groups in total. The van der Waals surface area contributed by atoms with E-state index in [0.29, 0.717) is 5.92 Å². The number of carbonyl (C=O) groups is 1. The van der Waals surface area contributed by atoms with Crippen LogP contribution in [0.5, 0.6) is 0 Å². The molecule has 1 unspecified atom stereocenters. The first kappa shape index (κ1) is 12.4. The van der Waals surface area contributed by atoms with Gasteiger partial charge in [0.15, 0.2) is 6.10 Å². The lowest BCUT2D eigenvalue weighted by atomic mass is 9.95. The van der Waals surface area contributed by atoms with Gasteiger partial charge in [-0.2, -0.15) is 0 Å². The van der Waals surface area contributed by atoms with Gasteiger partial charge in [-0.05, 0) is 18.3 Å². The Balaban J connectivity index is 3.61. The lowest BCUT2D eigenvalue weighted by Crippen LogP contribution is -2.27. The standard InChI is InChI=1S/C10H20O3/c1-7(2)5-4-6-8(3)9(11)10(12)13/h7-9,11H,4-6H2,1-3H3,(H,12,13)/t8-,9?/m1/s1. The van der Waals surface area contributed by atoms with E-state index in [1.54, 1.807) is 6.92 Å². The van der Waals surface area contributed by atoms with Crippen LogP contribution >= 0.6 is 0 Å². The molecule has 0 spiro atoms. The van der Waals surface area contributed by atoms with E-state index in [2.05, 4.69) is 13.8 Å². The zero-order valence-electron chi connectivity index (χ0n) is 8.66. The minimum Gasteiger partial charge on any atom is -0.479 e. The predicted molar refractivity (Wildman–Crippen MR) is 51.5 cm³/mol. The molecular formula is C10H20O3. The molecule has 0 amide bonds. The molecule has 0 aromatic carbocycles. The fourth-order valence-electron chi connectivity index (χ4n) is 1.25. The number of carboxylic acid groups (broad SMARTS) is 1. The Kier molecular flexibility index (Phi) is 5.71. The average molecular weight is 188 g/mol. The number of aliphatic hydroxyl groups excluding tert-OH is 1. The summed E-state index contributed by atoms with van der Waals surface area (Å²) in [7, 11) is 0. The summed E-state index contributed by atoms with van der Waals surface area (Å²) in [5.74, 6) is -0.609. The second kappa shape index (κ2) is 5.97. The molecule has 0 fully saturated rings. The molecule has 0 saturated heterocycles. The number of aliphatic hydroxyl groups is 1. The molecular weight excluding hydrogens is 168 g/mol. The van der Waals surface area contributed by atoms with Gasteiger partial charge in [0.2, 0.25) is 0 Å². The quantitative estimate of drug-likeness (QED) is 0.669. The van der Waals surface area contributed by atoms with E-state index in [0.717, 1.165) is 19.3 Å². The first-order valence-electron chi connectivity index (χ1n) is 4.86. The van der Waals surface area contributed by atoms with Crippen molar-refractivity contribution in [3.8, 4) is 0 Å². The summed E-state index contributed by atoms with van der Waals surface area (Å²) >= 11 is 0. The molecule has 2 atom stereocenters. The normalized spacial score (nSPS) is 15.8. The van der Waals surface area contributed by atoms with Gasteiger partial charge in [-0.15, -0.1) is 0 Å². The monoisotopic (exact) mass is 188 g/mol. The van der Waals surface area contributed by atoms with Crippen LogP contribution in [-0.2, 0) is 4.79 Å². The number of hydrogen-bond acceptors (Lipinski definition) is 2. The molecule has 3 nitrogen and oxygen atoms in total. The van der Waals surface area contributed by atoms with Crippen molar-refractivity contribution < 1.29 is 15.0 Å². The van der Waals surface area contributed by atoms with E-state index in [-0.39, 0.29) is 5.92 Å². The Labute approximate surface area is 79.8 Å². The molecule has 0 aromatic heterocycles. The molecule has 0 saturated carbocycles. The second-order valence-electron chi connectivity index (χ2n) is 4.09. The topological polar surface area (TPSA) is 57.5 Å². The van der Waals surface area contributed by atoms with Gasteiger partial charge in [0.25, 0.3) is 0 Å². The highest BCUT2D eigenvalue weighted by Gasteiger charge is 2.20. The number of rotatable bonds is 6. The summed E-state index contributed by atoms with van der Waals surface area (Å²) in [6.07, 6.45) is 1.66. The van der Waals surface area contributed by atoms with Crippen LogP contribution in [0.2, 0.25) is 0 Å². The van der Waals surface area contributed by atoms with Crippen LogP contribution in [0.1, 0.15) is 40.0 Å². The molecule has 0 heterocycles. The van der Waals surface area contributed by atoms with Crippen molar-refractivity contribution in [2.24, 2.45) is 11.8 Å². The van der Waals surface area contributed by atoms with E-state index in [4.69, 9.17) is 10.2 Å². The Hall–Kier alpha value is -0.570. The SMILES string of the molecule is CC(C)CCC[C@@H](C)C(O)C(=O)O. The minimum absolute atomic E-state index is 0.142. The first-order valence-corrected chi connectivity index (χ1v) is 4.86. The van der Waals surface area contributed by atoms with Crippen molar-refractivity contribution in [3.63, 3.8) is 0 Å². The third-order valence-corrected chi connectivity index (χ3v) is 2.23. The summed E-state index contributed by atoms with van der Waals surface area (Å²) in [5.41, 5.74) is 0.